The van der Waals surface area contributed by atoms with E-state index >= 15 is 0 Å². The molecule has 0 spiro atoms. The number of aromatic nitrogens is 3. The minimum absolute atomic E-state index is 0.0861. The van der Waals surface area contributed by atoms with E-state index in [0.29, 0.717) is 17.5 Å². The summed E-state index contributed by atoms with van der Waals surface area (Å²) in [6.07, 6.45) is 0. The monoisotopic (exact) mass is 1250 g/mol. The van der Waals surface area contributed by atoms with Gasteiger partial charge in [0.25, 0.3) is 0 Å². The number of fused-ring (bicyclic) bond motifs is 12. The molecule has 0 N–H and O–H groups in total. The van der Waals surface area contributed by atoms with Crippen molar-refractivity contribution in [2.45, 2.75) is 63.8 Å². The van der Waals surface area contributed by atoms with Crippen LogP contribution in [0.15, 0.2) is 313 Å². The first kappa shape index (κ1) is 59.1. The number of para-hydroxylation sites is 2. The molecule has 0 saturated carbocycles. The molecule has 0 radical (unpaired) electrons. The molecule has 0 saturated heterocycles. The van der Waals surface area contributed by atoms with Gasteiger partial charge in [0.15, 0.2) is 17.5 Å². The molecule has 0 aliphatic heterocycles. The molecule has 5 nitrogen and oxygen atoms in total. The average molecular weight is 1250 g/mol. The molecule has 14 aromatic rings. The van der Waals surface area contributed by atoms with Crippen molar-refractivity contribution in [2.75, 3.05) is 0 Å². The molecule has 464 valence electrons. The third-order valence-corrected chi connectivity index (χ3v) is 21.2. The molecular weight excluding hydrogens is 1180 g/mol. The highest BCUT2D eigenvalue weighted by atomic mass is 16.3. The summed E-state index contributed by atoms with van der Waals surface area (Å²) in [6.45, 7) is 27.8. The first-order valence-electron chi connectivity index (χ1n) is 33.5. The molecule has 5 heteroatoms. The van der Waals surface area contributed by atoms with Crippen molar-refractivity contribution in [3.05, 3.63) is 360 Å². The first-order valence-corrected chi connectivity index (χ1v) is 33.5. The maximum Gasteiger partial charge on any atom is 0.164 e. The molecular formula is C92H70N4O. The van der Waals surface area contributed by atoms with E-state index in [2.05, 4.69) is 284 Å². The van der Waals surface area contributed by atoms with Crippen LogP contribution in [0.5, 0.6) is 0 Å². The van der Waals surface area contributed by atoms with Crippen molar-refractivity contribution in [1.82, 2.24) is 15.0 Å². The number of hydrogen-bond acceptors (Lipinski definition) is 5. The number of hydrogen-bond donors (Lipinski definition) is 0. The second-order valence-corrected chi connectivity index (χ2v) is 27.6. The Balaban J connectivity index is 0.769. The van der Waals surface area contributed by atoms with Gasteiger partial charge in [-0.1, -0.05) is 290 Å². The predicted molar refractivity (Wildman–Crippen MR) is 402 cm³/mol. The van der Waals surface area contributed by atoms with Crippen molar-refractivity contribution in [2.24, 2.45) is 4.99 Å². The van der Waals surface area contributed by atoms with Crippen molar-refractivity contribution >= 4 is 33.2 Å². The lowest BCUT2D eigenvalue weighted by Crippen LogP contribution is -2.22. The van der Waals surface area contributed by atoms with Gasteiger partial charge in [-0.05, 0) is 167 Å². The number of aliphatic imine (C=N–C) groups is 1. The molecule has 2 atom stereocenters. The van der Waals surface area contributed by atoms with E-state index in [0.717, 1.165) is 106 Å². The predicted octanol–water partition coefficient (Wildman–Crippen LogP) is 23.4. The molecule has 0 bridgehead atoms. The Labute approximate surface area is 567 Å². The lowest BCUT2D eigenvalue weighted by atomic mass is 9.73. The van der Waals surface area contributed by atoms with Crippen molar-refractivity contribution in [3.8, 4) is 89.8 Å². The summed E-state index contributed by atoms with van der Waals surface area (Å²) in [5, 5.41) is 2.08. The van der Waals surface area contributed by atoms with Gasteiger partial charge in [0.05, 0.1) is 5.71 Å². The fourth-order valence-corrected chi connectivity index (χ4v) is 16.2. The minimum atomic E-state index is -0.579. The van der Waals surface area contributed by atoms with Gasteiger partial charge in [0.1, 0.15) is 17.2 Å². The Morgan fingerprint density at radius 2 is 0.897 bits per heavy atom. The Morgan fingerprint density at radius 1 is 0.381 bits per heavy atom. The van der Waals surface area contributed by atoms with Crippen LogP contribution in [0.2, 0.25) is 0 Å². The normalized spacial score (nSPS) is 15.5. The van der Waals surface area contributed by atoms with Gasteiger partial charge in [0.2, 0.25) is 0 Å². The lowest BCUT2D eigenvalue weighted by molar-refractivity contribution is 0.658. The number of nitrogens with zero attached hydrogens (tertiary/aromatic N) is 4. The lowest BCUT2D eigenvalue weighted by Gasteiger charge is -2.29. The second-order valence-electron chi connectivity index (χ2n) is 27.6. The van der Waals surface area contributed by atoms with E-state index in [1.807, 2.05) is 37.3 Å². The van der Waals surface area contributed by atoms with Crippen LogP contribution in [0.4, 0.5) is 0 Å². The van der Waals surface area contributed by atoms with Gasteiger partial charge < -0.3 is 4.42 Å². The average Bonchev–Trinajstić information content (AvgIpc) is 1.57. The highest BCUT2D eigenvalue weighted by molar-refractivity contribution is 6.13. The molecule has 97 heavy (non-hydrogen) atoms. The van der Waals surface area contributed by atoms with Gasteiger partial charge in [-0.25, -0.2) is 15.0 Å². The van der Waals surface area contributed by atoms with Crippen LogP contribution in [0.3, 0.4) is 0 Å². The van der Waals surface area contributed by atoms with Crippen molar-refractivity contribution in [1.29, 1.82) is 0 Å². The third-order valence-electron chi connectivity index (χ3n) is 21.2. The molecule has 3 aliphatic rings. The molecule has 17 rings (SSSR count). The van der Waals surface area contributed by atoms with Crippen molar-refractivity contribution < 1.29 is 4.42 Å². The highest BCUT2D eigenvalue weighted by Crippen LogP contribution is 2.57. The quantitative estimate of drug-likeness (QED) is 0.0852. The zero-order valence-corrected chi connectivity index (χ0v) is 55.4. The molecule has 12 aromatic carbocycles. The maximum atomic E-state index is 6.71. The zero-order valence-electron chi connectivity index (χ0n) is 55.4. The summed E-state index contributed by atoms with van der Waals surface area (Å²) in [6, 6.07) is 97.5. The van der Waals surface area contributed by atoms with Gasteiger partial charge in [-0.15, -0.1) is 0 Å². The maximum absolute atomic E-state index is 6.71. The molecule has 2 aromatic heterocycles. The first-order chi connectivity index (χ1) is 47.1. The Kier molecular flexibility index (Phi) is 13.7. The summed E-state index contributed by atoms with van der Waals surface area (Å²) in [7, 11) is 0. The van der Waals surface area contributed by atoms with E-state index in [1.165, 1.54) is 66.8 Å². The molecule has 0 amide bonds. The number of rotatable bonds is 13. The highest BCUT2D eigenvalue weighted by Gasteiger charge is 2.43. The number of furan rings is 1. The Morgan fingerprint density at radius 3 is 1.67 bits per heavy atom. The SMILES string of the molecule is C=C(C)C(=NC(C(=C)C(=C)c1cccc(-c2cccc3c2-c2ccccc2C3(C)c2cccc(-c3nc(-c4cccc(-c5ccc6c(c5)-c5ccccc5C6(C)C)c4)nc(-c4cccc5c4-c4ccccc4C5(C)C)n3)c2)c1)c1cccc2c1oc1ccccc12)c1ccccc1. The van der Waals surface area contributed by atoms with E-state index in [1.54, 1.807) is 0 Å². The molecule has 0 fully saturated rings. The summed E-state index contributed by atoms with van der Waals surface area (Å²) in [5.41, 5.74) is 30.2. The smallest absolute Gasteiger partial charge is 0.164 e. The summed E-state index contributed by atoms with van der Waals surface area (Å²) in [4.78, 5) is 22.1. The van der Waals surface area contributed by atoms with Crippen LogP contribution in [-0.4, -0.2) is 20.7 Å². The van der Waals surface area contributed by atoms with Crippen LogP contribution in [0.1, 0.15) is 103 Å². The summed E-state index contributed by atoms with van der Waals surface area (Å²) in [5.74, 6) is 1.85. The minimum Gasteiger partial charge on any atom is -0.456 e. The second kappa shape index (κ2) is 22.5. The zero-order chi connectivity index (χ0) is 66.1. The van der Waals surface area contributed by atoms with Crippen LogP contribution in [0.25, 0.3) is 117 Å². The Bertz CT molecular complexity index is 5700. The summed E-state index contributed by atoms with van der Waals surface area (Å²) >= 11 is 0. The molecule has 2 unspecified atom stereocenters. The molecule has 2 heterocycles. The van der Waals surface area contributed by atoms with E-state index in [-0.39, 0.29) is 10.8 Å². The standard InChI is InChI=1S/C92H70N4O/c1-55(2)84(58-27-11-10-12-28-58)93-85(73-42-24-40-69-68-36-16-20-48-81(68)97-86(69)73)57(4)56(3)59-29-21-31-62(51-59)66-39-25-47-80-82(66)71-38-15-19-45-78(71)92(80,9)65-34-23-33-64(53-65)88-94-87(95-89(96-88)72-41-26-46-79-83(72)70-37-14-18-44-76(70)91(79,7)8)63-32-22-30-60(52-63)61-49-50-77-74(54-61)67-35-13-17-43-75(67)90(77,5)6/h10-54,85H,1,3-4H2,2,5-9H3. The number of allylic oxidation sites excluding steroid dienone is 1. The third kappa shape index (κ3) is 9.35. The van der Waals surface area contributed by atoms with Crippen LogP contribution in [0, 0.1) is 0 Å². The topological polar surface area (TPSA) is 64.2 Å². The van der Waals surface area contributed by atoms with Gasteiger partial charge >= 0.3 is 0 Å². The fraction of sp³-hybridized carbons (Fsp3) is 0.109. The number of benzene rings is 12. The Hall–Kier alpha value is -11.7. The van der Waals surface area contributed by atoms with Crippen LogP contribution in [-0.2, 0) is 16.2 Å². The van der Waals surface area contributed by atoms with Crippen molar-refractivity contribution in [3.63, 3.8) is 0 Å². The van der Waals surface area contributed by atoms with E-state index in [9.17, 15) is 0 Å². The van der Waals surface area contributed by atoms with Gasteiger partial charge in [-0.3, -0.25) is 4.99 Å². The van der Waals surface area contributed by atoms with E-state index in [4.69, 9.17) is 37.5 Å². The van der Waals surface area contributed by atoms with Crippen LogP contribution < -0.4 is 0 Å². The summed E-state index contributed by atoms with van der Waals surface area (Å²) < 4.78 is 6.71. The fourth-order valence-electron chi connectivity index (χ4n) is 16.2. The molecule has 3 aliphatic carbocycles. The van der Waals surface area contributed by atoms with Crippen LogP contribution >= 0.6 is 0 Å². The van der Waals surface area contributed by atoms with Gasteiger partial charge in [0, 0.05) is 49.3 Å². The largest absolute Gasteiger partial charge is 0.456 e. The van der Waals surface area contributed by atoms with E-state index < -0.39 is 11.5 Å². The van der Waals surface area contributed by atoms with Gasteiger partial charge in [-0.2, -0.15) is 0 Å².